The van der Waals surface area contributed by atoms with Gasteiger partial charge in [0, 0.05) is 17.0 Å². The van der Waals surface area contributed by atoms with Crippen LogP contribution in [0.15, 0.2) is 24.4 Å². The van der Waals surface area contributed by atoms with Crippen LogP contribution in [0.3, 0.4) is 0 Å². The molecule has 0 radical (unpaired) electrons. The summed E-state index contributed by atoms with van der Waals surface area (Å²) in [6.07, 6.45) is 5.57. The van der Waals surface area contributed by atoms with Crippen molar-refractivity contribution >= 4 is 10.9 Å². The summed E-state index contributed by atoms with van der Waals surface area (Å²) in [5.41, 5.74) is 2.71. The number of hydrogen-bond acceptors (Lipinski definition) is 2. The van der Waals surface area contributed by atoms with Gasteiger partial charge >= 0.3 is 0 Å². The van der Waals surface area contributed by atoms with E-state index in [1.807, 2.05) is 6.20 Å². The van der Waals surface area contributed by atoms with Gasteiger partial charge in [-0.2, -0.15) is 0 Å². The number of rotatable bonds is 4. The van der Waals surface area contributed by atoms with Gasteiger partial charge in [-0.25, -0.2) is 9.97 Å². The van der Waals surface area contributed by atoms with Crippen molar-refractivity contribution in [3.63, 3.8) is 0 Å². The maximum Gasteiger partial charge on any atom is 0.134 e. The molecule has 2 rings (SSSR count). The molecule has 2 nitrogen and oxygen atoms in total. The lowest BCUT2D eigenvalue weighted by atomic mass is 9.76. The minimum atomic E-state index is -0.00694. The van der Waals surface area contributed by atoms with Crippen LogP contribution in [0.2, 0.25) is 0 Å². The lowest BCUT2D eigenvalue weighted by Gasteiger charge is -2.29. The number of hydrogen-bond donors (Lipinski definition) is 0. The fourth-order valence-electron chi connectivity index (χ4n) is 2.85. The maximum absolute atomic E-state index is 4.73. The van der Waals surface area contributed by atoms with Crippen LogP contribution in [-0.4, -0.2) is 9.97 Å². The van der Waals surface area contributed by atoms with E-state index in [1.165, 1.54) is 18.4 Å². The molecule has 0 saturated carbocycles. The largest absolute Gasteiger partial charge is 0.240 e. The Kier molecular flexibility index (Phi) is 4.36. The standard InChI is InChI=1S/C19H28N2/c1-7-11-19(6,8-2)15-9-10-16-14(12-15)13-20-17(21-16)18(3,4)5/h9-10,12-13H,7-8,11H2,1-6H3. The molecule has 0 N–H and O–H groups in total. The van der Waals surface area contributed by atoms with Gasteiger partial charge in [0.15, 0.2) is 0 Å². The summed E-state index contributed by atoms with van der Waals surface area (Å²) < 4.78 is 0. The number of aromatic nitrogens is 2. The van der Waals surface area contributed by atoms with E-state index in [9.17, 15) is 0 Å². The van der Waals surface area contributed by atoms with Crippen molar-refractivity contribution in [1.29, 1.82) is 0 Å². The van der Waals surface area contributed by atoms with E-state index in [1.54, 1.807) is 0 Å². The average Bonchev–Trinajstić information content (AvgIpc) is 2.45. The van der Waals surface area contributed by atoms with Crippen molar-refractivity contribution in [3.05, 3.63) is 35.8 Å². The van der Waals surface area contributed by atoms with Crippen molar-refractivity contribution in [3.8, 4) is 0 Å². The summed E-state index contributed by atoms with van der Waals surface area (Å²) in [7, 11) is 0. The first-order valence-corrected chi connectivity index (χ1v) is 8.08. The predicted octanol–water partition coefficient (Wildman–Crippen LogP) is 5.40. The molecule has 21 heavy (non-hydrogen) atoms. The van der Waals surface area contributed by atoms with Crippen LogP contribution in [0, 0.1) is 0 Å². The summed E-state index contributed by atoms with van der Waals surface area (Å²) in [5.74, 6) is 0.912. The highest BCUT2D eigenvalue weighted by Gasteiger charge is 2.24. The molecular formula is C19H28N2. The zero-order valence-corrected chi connectivity index (χ0v) is 14.3. The number of nitrogens with zero attached hydrogens (tertiary/aromatic N) is 2. The molecule has 1 unspecified atom stereocenters. The minimum Gasteiger partial charge on any atom is -0.240 e. The van der Waals surface area contributed by atoms with Crippen LogP contribution >= 0.6 is 0 Å². The van der Waals surface area contributed by atoms with Gasteiger partial charge in [-0.05, 0) is 36.0 Å². The molecule has 1 atom stereocenters. The van der Waals surface area contributed by atoms with Crippen LogP contribution in [0.5, 0.6) is 0 Å². The maximum atomic E-state index is 4.73. The highest BCUT2D eigenvalue weighted by atomic mass is 14.9. The van der Waals surface area contributed by atoms with Gasteiger partial charge in [0.25, 0.3) is 0 Å². The Bertz CT molecular complexity index is 625. The second-order valence-electron chi connectivity index (χ2n) is 7.38. The Hall–Kier alpha value is -1.44. The third-order valence-corrected chi connectivity index (χ3v) is 4.53. The average molecular weight is 284 g/mol. The number of fused-ring (bicyclic) bond motifs is 1. The Morgan fingerprint density at radius 2 is 1.76 bits per heavy atom. The molecule has 0 spiro atoms. The second kappa shape index (κ2) is 5.75. The van der Waals surface area contributed by atoms with E-state index in [-0.39, 0.29) is 10.8 Å². The van der Waals surface area contributed by atoms with Crippen molar-refractivity contribution in [1.82, 2.24) is 9.97 Å². The second-order valence-corrected chi connectivity index (χ2v) is 7.38. The Morgan fingerprint density at radius 1 is 1.05 bits per heavy atom. The molecule has 2 heteroatoms. The lowest BCUT2D eigenvalue weighted by Crippen LogP contribution is -2.20. The van der Waals surface area contributed by atoms with Crippen LogP contribution in [0.1, 0.15) is 72.2 Å². The van der Waals surface area contributed by atoms with Gasteiger partial charge in [-0.15, -0.1) is 0 Å². The fourth-order valence-corrected chi connectivity index (χ4v) is 2.85. The zero-order chi connectivity index (χ0) is 15.7. The van der Waals surface area contributed by atoms with Crippen molar-refractivity contribution < 1.29 is 0 Å². The summed E-state index contributed by atoms with van der Waals surface area (Å²) >= 11 is 0. The van der Waals surface area contributed by atoms with Gasteiger partial charge in [0.2, 0.25) is 0 Å². The fraction of sp³-hybridized carbons (Fsp3) is 0.579. The van der Waals surface area contributed by atoms with Gasteiger partial charge < -0.3 is 0 Å². The zero-order valence-electron chi connectivity index (χ0n) is 14.3. The minimum absolute atomic E-state index is 0.00694. The molecule has 0 aliphatic carbocycles. The van der Waals surface area contributed by atoms with E-state index >= 15 is 0 Å². The molecule has 0 aliphatic heterocycles. The Labute approximate surface area is 129 Å². The lowest BCUT2D eigenvalue weighted by molar-refractivity contribution is 0.414. The predicted molar refractivity (Wildman–Crippen MR) is 90.8 cm³/mol. The third-order valence-electron chi connectivity index (χ3n) is 4.53. The smallest absolute Gasteiger partial charge is 0.134 e. The molecule has 114 valence electrons. The molecular weight excluding hydrogens is 256 g/mol. The first-order chi connectivity index (χ1) is 9.80. The number of benzene rings is 1. The molecule has 1 aromatic carbocycles. The van der Waals surface area contributed by atoms with Crippen LogP contribution in [0.4, 0.5) is 0 Å². The van der Waals surface area contributed by atoms with E-state index in [2.05, 4.69) is 64.7 Å². The Morgan fingerprint density at radius 3 is 2.33 bits per heavy atom. The van der Waals surface area contributed by atoms with Crippen molar-refractivity contribution in [2.75, 3.05) is 0 Å². The quantitative estimate of drug-likeness (QED) is 0.751. The first kappa shape index (κ1) is 15.9. The summed E-state index contributed by atoms with van der Waals surface area (Å²) in [6.45, 7) is 13.3. The monoisotopic (exact) mass is 284 g/mol. The summed E-state index contributed by atoms with van der Waals surface area (Å²) in [5, 5.41) is 1.15. The molecule has 0 aliphatic rings. The molecule has 1 heterocycles. The molecule has 2 aromatic rings. The summed E-state index contributed by atoms with van der Waals surface area (Å²) in [6, 6.07) is 6.69. The van der Waals surface area contributed by atoms with Crippen molar-refractivity contribution in [2.45, 2.75) is 71.6 Å². The normalized spacial score (nSPS) is 15.1. The third kappa shape index (κ3) is 3.25. The van der Waals surface area contributed by atoms with Crippen molar-refractivity contribution in [2.24, 2.45) is 0 Å². The Balaban J connectivity index is 2.48. The highest BCUT2D eigenvalue weighted by Crippen LogP contribution is 2.34. The molecule has 1 aromatic heterocycles. The molecule has 0 saturated heterocycles. The molecule has 0 amide bonds. The van der Waals surface area contributed by atoms with Crippen LogP contribution < -0.4 is 0 Å². The van der Waals surface area contributed by atoms with Gasteiger partial charge in [-0.1, -0.05) is 54.0 Å². The molecule has 0 bridgehead atoms. The van der Waals surface area contributed by atoms with E-state index in [4.69, 9.17) is 4.98 Å². The van der Waals surface area contributed by atoms with Gasteiger partial charge in [-0.3, -0.25) is 0 Å². The van der Waals surface area contributed by atoms with E-state index in [0.29, 0.717) is 0 Å². The van der Waals surface area contributed by atoms with Crippen LogP contribution in [-0.2, 0) is 10.8 Å². The topological polar surface area (TPSA) is 25.8 Å². The first-order valence-electron chi connectivity index (χ1n) is 8.08. The van der Waals surface area contributed by atoms with E-state index < -0.39 is 0 Å². The highest BCUT2D eigenvalue weighted by molar-refractivity contribution is 5.78. The van der Waals surface area contributed by atoms with Gasteiger partial charge in [0.1, 0.15) is 5.82 Å². The summed E-state index contributed by atoms with van der Waals surface area (Å²) in [4.78, 5) is 9.29. The molecule has 0 fully saturated rings. The SMILES string of the molecule is CCCC(C)(CC)c1ccc2nc(C(C)(C)C)ncc2c1. The van der Waals surface area contributed by atoms with Crippen LogP contribution in [0.25, 0.3) is 10.9 Å². The van der Waals surface area contributed by atoms with E-state index in [0.717, 1.165) is 23.1 Å². The van der Waals surface area contributed by atoms with Gasteiger partial charge in [0.05, 0.1) is 5.52 Å².